The highest BCUT2D eigenvalue weighted by Gasteiger charge is 2.42. The van der Waals surface area contributed by atoms with Crippen molar-refractivity contribution in [3.05, 3.63) is 29.8 Å². The summed E-state index contributed by atoms with van der Waals surface area (Å²) in [5.41, 5.74) is 6.65. The Morgan fingerprint density at radius 2 is 1.83 bits per heavy atom. The van der Waals surface area contributed by atoms with E-state index in [9.17, 15) is 4.79 Å². The van der Waals surface area contributed by atoms with Crippen LogP contribution in [0.2, 0.25) is 0 Å². The molecule has 0 spiro atoms. The van der Waals surface area contributed by atoms with E-state index < -0.39 is 0 Å². The maximum absolute atomic E-state index is 12.6. The molecule has 128 valence electrons. The van der Waals surface area contributed by atoms with E-state index in [1.54, 1.807) is 0 Å². The van der Waals surface area contributed by atoms with Crippen molar-refractivity contribution in [2.24, 2.45) is 17.6 Å². The predicted octanol–water partition coefficient (Wildman–Crippen LogP) is 3.10. The van der Waals surface area contributed by atoms with Gasteiger partial charge in [-0.25, -0.2) is 0 Å². The zero-order valence-corrected chi connectivity index (χ0v) is 14.9. The third-order valence-corrected chi connectivity index (χ3v) is 4.72. The van der Waals surface area contributed by atoms with Gasteiger partial charge in [-0.1, -0.05) is 0 Å². The third kappa shape index (κ3) is 3.99. The van der Waals surface area contributed by atoms with E-state index in [1.807, 2.05) is 49.9 Å². The first-order valence-corrected chi connectivity index (χ1v) is 8.17. The number of halogens is 1. The van der Waals surface area contributed by atoms with E-state index in [-0.39, 0.29) is 30.0 Å². The largest absolute Gasteiger partial charge is 0.488 e. The molecule has 1 aromatic carbocycles. The fraction of sp³-hybridized carbons (Fsp3) is 0.611. The lowest BCUT2D eigenvalue weighted by atomic mass is 9.98. The van der Waals surface area contributed by atoms with Crippen molar-refractivity contribution >= 4 is 18.3 Å². The number of hydrogen-bond donors (Lipinski definition) is 1. The lowest BCUT2D eigenvalue weighted by Gasteiger charge is -2.22. The molecule has 2 fully saturated rings. The van der Waals surface area contributed by atoms with E-state index in [0.29, 0.717) is 11.8 Å². The van der Waals surface area contributed by atoms with Gasteiger partial charge in [0.2, 0.25) is 0 Å². The lowest BCUT2D eigenvalue weighted by Crippen LogP contribution is -2.33. The molecule has 1 saturated carbocycles. The van der Waals surface area contributed by atoms with Gasteiger partial charge in [0.25, 0.3) is 5.91 Å². The molecule has 0 radical (unpaired) electrons. The van der Waals surface area contributed by atoms with Crippen molar-refractivity contribution in [2.75, 3.05) is 13.1 Å². The van der Waals surface area contributed by atoms with Gasteiger partial charge in [-0.15, -0.1) is 12.4 Å². The average molecular weight is 339 g/mol. The first-order chi connectivity index (χ1) is 10.3. The van der Waals surface area contributed by atoms with Gasteiger partial charge in [0.1, 0.15) is 11.4 Å². The maximum Gasteiger partial charge on any atom is 0.253 e. The molecule has 1 saturated heterocycles. The van der Waals surface area contributed by atoms with Crippen LogP contribution in [0.3, 0.4) is 0 Å². The summed E-state index contributed by atoms with van der Waals surface area (Å²) >= 11 is 0. The second-order valence-corrected chi connectivity index (χ2v) is 7.61. The summed E-state index contributed by atoms with van der Waals surface area (Å²) in [4.78, 5) is 14.6. The zero-order valence-electron chi connectivity index (χ0n) is 14.1. The number of rotatable bonds is 2. The fourth-order valence-electron chi connectivity index (χ4n) is 3.68. The van der Waals surface area contributed by atoms with Crippen molar-refractivity contribution in [1.82, 2.24) is 4.90 Å². The number of amides is 1. The van der Waals surface area contributed by atoms with Gasteiger partial charge in [-0.2, -0.15) is 0 Å². The van der Waals surface area contributed by atoms with Crippen LogP contribution < -0.4 is 10.5 Å². The van der Waals surface area contributed by atoms with Crippen LogP contribution in [0.1, 0.15) is 44.0 Å². The number of ether oxygens (including phenoxy) is 1. The Balaban J connectivity index is 0.00000192. The number of fused-ring (bicyclic) bond motifs is 1. The molecule has 3 unspecified atom stereocenters. The van der Waals surface area contributed by atoms with Crippen molar-refractivity contribution in [2.45, 2.75) is 45.3 Å². The summed E-state index contributed by atoms with van der Waals surface area (Å²) in [6.45, 7) is 7.71. The molecule has 1 heterocycles. The highest BCUT2D eigenvalue weighted by molar-refractivity contribution is 5.94. The Morgan fingerprint density at radius 3 is 2.39 bits per heavy atom. The Hall–Kier alpha value is -1.26. The number of likely N-dealkylation sites (tertiary alicyclic amines) is 1. The molecule has 1 aliphatic carbocycles. The molecular formula is C18H27ClN2O2. The minimum Gasteiger partial charge on any atom is -0.488 e. The van der Waals surface area contributed by atoms with E-state index in [2.05, 4.69) is 0 Å². The zero-order chi connectivity index (χ0) is 15.9. The van der Waals surface area contributed by atoms with Crippen LogP contribution in [0.25, 0.3) is 0 Å². The van der Waals surface area contributed by atoms with Crippen molar-refractivity contribution < 1.29 is 9.53 Å². The van der Waals surface area contributed by atoms with E-state index in [4.69, 9.17) is 10.5 Å². The second-order valence-electron chi connectivity index (χ2n) is 7.61. The highest BCUT2D eigenvalue weighted by atomic mass is 35.5. The molecular weight excluding hydrogens is 312 g/mol. The van der Waals surface area contributed by atoms with E-state index in [0.717, 1.165) is 37.2 Å². The Kier molecular flexibility index (Phi) is 5.27. The molecule has 1 aromatic rings. The summed E-state index contributed by atoms with van der Waals surface area (Å²) in [5, 5.41) is 0. The number of carbonyl (C=O) groups is 1. The molecule has 1 amide bonds. The molecule has 0 bridgehead atoms. The predicted molar refractivity (Wildman–Crippen MR) is 94.2 cm³/mol. The van der Waals surface area contributed by atoms with E-state index in [1.165, 1.54) is 0 Å². The molecule has 3 rings (SSSR count). The quantitative estimate of drug-likeness (QED) is 0.901. The van der Waals surface area contributed by atoms with Crippen LogP contribution in [0.4, 0.5) is 0 Å². The van der Waals surface area contributed by atoms with Crippen LogP contribution in [-0.4, -0.2) is 35.5 Å². The molecule has 4 nitrogen and oxygen atoms in total. The van der Waals surface area contributed by atoms with Crippen molar-refractivity contribution in [1.29, 1.82) is 0 Å². The summed E-state index contributed by atoms with van der Waals surface area (Å²) in [6, 6.07) is 7.74. The van der Waals surface area contributed by atoms with Gasteiger partial charge in [0.05, 0.1) is 0 Å². The number of carbonyl (C=O) groups excluding carboxylic acids is 1. The number of nitrogens with two attached hydrogens (primary N) is 1. The lowest BCUT2D eigenvalue weighted by molar-refractivity contribution is 0.0779. The summed E-state index contributed by atoms with van der Waals surface area (Å²) in [5.74, 6) is 2.00. The standard InChI is InChI=1S/C18H26N2O2.ClH/c1-18(2,3)22-14-7-4-12(5-8-14)17(21)20-10-13-6-9-16(19)15(13)11-20;/h4-5,7-8,13,15-16H,6,9-11,19H2,1-3H3;1H. The highest BCUT2D eigenvalue weighted by Crippen LogP contribution is 2.37. The van der Waals surface area contributed by atoms with Gasteiger partial charge in [0.15, 0.2) is 0 Å². The maximum atomic E-state index is 12.6. The Bertz CT molecular complexity index is 553. The van der Waals surface area contributed by atoms with Crippen LogP contribution in [0.15, 0.2) is 24.3 Å². The molecule has 2 N–H and O–H groups in total. The molecule has 23 heavy (non-hydrogen) atoms. The topological polar surface area (TPSA) is 55.6 Å². The Labute approximate surface area is 144 Å². The Morgan fingerprint density at radius 1 is 1.17 bits per heavy atom. The van der Waals surface area contributed by atoms with Crippen LogP contribution in [-0.2, 0) is 0 Å². The van der Waals surface area contributed by atoms with Gasteiger partial charge in [-0.3, -0.25) is 4.79 Å². The molecule has 0 aromatic heterocycles. The normalized spacial score (nSPS) is 26.6. The first kappa shape index (κ1) is 18.1. The van der Waals surface area contributed by atoms with Crippen molar-refractivity contribution in [3.63, 3.8) is 0 Å². The van der Waals surface area contributed by atoms with Gasteiger partial charge in [-0.05, 0) is 69.7 Å². The fourth-order valence-corrected chi connectivity index (χ4v) is 3.68. The van der Waals surface area contributed by atoms with E-state index >= 15 is 0 Å². The molecule has 3 atom stereocenters. The average Bonchev–Trinajstić information content (AvgIpc) is 3.00. The van der Waals surface area contributed by atoms with Crippen LogP contribution >= 0.6 is 12.4 Å². The number of benzene rings is 1. The smallest absolute Gasteiger partial charge is 0.253 e. The first-order valence-electron chi connectivity index (χ1n) is 8.17. The third-order valence-electron chi connectivity index (χ3n) is 4.72. The van der Waals surface area contributed by atoms with Gasteiger partial charge < -0.3 is 15.4 Å². The minimum absolute atomic E-state index is 0. The summed E-state index contributed by atoms with van der Waals surface area (Å²) in [7, 11) is 0. The molecule has 2 aliphatic rings. The summed E-state index contributed by atoms with van der Waals surface area (Å²) in [6.07, 6.45) is 2.27. The number of nitrogens with zero attached hydrogens (tertiary/aromatic N) is 1. The van der Waals surface area contributed by atoms with Crippen LogP contribution in [0.5, 0.6) is 5.75 Å². The minimum atomic E-state index is -0.228. The van der Waals surface area contributed by atoms with Crippen molar-refractivity contribution in [3.8, 4) is 5.75 Å². The van der Waals surface area contributed by atoms with Gasteiger partial charge in [0, 0.05) is 24.7 Å². The van der Waals surface area contributed by atoms with Gasteiger partial charge >= 0.3 is 0 Å². The summed E-state index contributed by atoms with van der Waals surface area (Å²) < 4.78 is 5.80. The number of hydrogen-bond acceptors (Lipinski definition) is 3. The molecule has 1 aliphatic heterocycles. The second kappa shape index (κ2) is 6.70. The van der Waals surface area contributed by atoms with Crippen LogP contribution in [0, 0.1) is 11.8 Å². The molecule has 5 heteroatoms. The monoisotopic (exact) mass is 338 g/mol. The SMILES string of the molecule is CC(C)(C)Oc1ccc(C(=O)N2CC3CCC(N)C3C2)cc1.Cl.